The first-order valence-electron chi connectivity index (χ1n) is 3.38. The van der Waals surface area contributed by atoms with Gasteiger partial charge in [-0.05, 0) is 26.2 Å². The third-order valence-corrected chi connectivity index (χ3v) is 1.20. The maximum Gasteiger partial charge on any atom is -0.0227 e. The van der Waals surface area contributed by atoms with Crippen molar-refractivity contribution in [1.29, 1.82) is 0 Å². The molecular weight excluding hydrogens is 108 g/mol. The van der Waals surface area contributed by atoms with Crippen molar-refractivity contribution >= 4 is 0 Å². The van der Waals surface area contributed by atoms with Crippen molar-refractivity contribution in [3.05, 3.63) is 31.2 Å². The fourth-order valence-electron chi connectivity index (χ4n) is 0.718. The standard InChI is InChI=1S/C9H15/c1-4-6-8-9(3)7-5-2/h4-7,9H,1,8H2,2-3H3/b6-4+,7-5+. The first-order valence-corrected chi connectivity index (χ1v) is 3.38. The fourth-order valence-corrected chi connectivity index (χ4v) is 0.718. The highest BCUT2D eigenvalue weighted by Crippen LogP contribution is 2.03. The Morgan fingerprint density at radius 1 is 1.56 bits per heavy atom. The molecule has 0 amide bonds. The van der Waals surface area contributed by atoms with Crippen molar-refractivity contribution in [2.45, 2.75) is 20.3 Å². The van der Waals surface area contributed by atoms with Gasteiger partial charge >= 0.3 is 0 Å². The molecule has 0 aliphatic heterocycles. The summed E-state index contributed by atoms with van der Waals surface area (Å²) in [5, 5.41) is 0. The largest absolute Gasteiger partial charge is 0.0914 e. The van der Waals surface area contributed by atoms with Crippen molar-refractivity contribution in [1.82, 2.24) is 0 Å². The summed E-state index contributed by atoms with van der Waals surface area (Å²) in [7, 11) is 0. The lowest BCUT2D eigenvalue weighted by Gasteiger charge is -1.97. The van der Waals surface area contributed by atoms with E-state index in [1.54, 1.807) is 0 Å². The molecule has 0 spiro atoms. The van der Waals surface area contributed by atoms with Gasteiger partial charge < -0.3 is 0 Å². The van der Waals surface area contributed by atoms with Gasteiger partial charge in [0.1, 0.15) is 0 Å². The molecule has 0 fully saturated rings. The van der Waals surface area contributed by atoms with Crippen LogP contribution in [0.1, 0.15) is 20.3 Å². The van der Waals surface area contributed by atoms with E-state index in [4.69, 9.17) is 0 Å². The molecule has 1 unspecified atom stereocenters. The molecule has 0 saturated carbocycles. The minimum absolute atomic E-state index is 0.660. The van der Waals surface area contributed by atoms with E-state index in [1.807, 2.05) is 13.0 Å². The van der Waals surface area contributed by atoms with Crippen molar-refractivity contribution in [3.8, 4) is 0 Å². The van der Waals surface area contributed by atoms with Crippen molar-refractivity contribution in [2.24, 2.45) is 5.92 Å². The van der Waals surface area contributed by atoms with E-state index in [9.17, 15) is 0 Å². The number of allylic oxidation sites excluding steroid dienone is 4. The molecule has 0 aromatic heterocycles. The zero-order chi connectivity index (χ0) is 7.11. The van der Waals surface area contributed by atoms with Gasteiger partial charge in [0.05, 0.1) is 0 Å². The van der Waals surface area contributed by atoms with Crippen LogP contribution in [-0.2, 0) is 0 Å². The molecule has 0 aromatic carbocycles. The molecule has 9 heavy (non-hydrogen) atoms. The number of rotatable bonds is 3. The monoisotopic (exact) mass is 123 g/mol. The summed E-state index contributed by atoms with van der Waals surface area (Å²) < 4.78 is 0. The molecule has 0 N–H and O–H groups in total. The summed E-state index contributed by atoms with van der Waals surface area (Å²) in [6.45, 7) is 7.85. The molecule has 0 nitrogen and oxygen atoms in total. The average molecular weight is 123 g/mol. The Bertz CT molecular complexity index is 98.6. The lowest BCUT2D eigenvalue weighted by molar-refractivity contribution is 0.743. The number of hydrogen-bond acceptors (Lipinski definition) is 0. The van der Waals surface area contributed by atoms with E-state index in [1.165, 1.54) is 0 Å². The van der Waals surface area contributed by atoms with Gasteiger partial charge in [0.25, 0.3) is 0 Å². The molecule has 0 aromatic rings. The summed E-state index contributed by atoms with van der Waals surface area (Å²) in [5.74, 6) is 0.660. The van der Waals surface area contributed by atoms with Crippen LogP contribution in [0.15, 0.2) is 24.3 Å². The van der Waals surface area contributed by atoms with Crippen LogP contribution in [0.25, 0.3) is 0 Å². The second-order valence-corrected chi connectivity index (χ2v) is 2.21. The summed E-state index contributed by atoms with van der Waals surface area (Å²) >= 11 is 0. The topological polar surface area (TPSA) is 0 Å². The van der Waals surface area contributed by atoms with Crippen molar-refractivity contribution in [2.75, 3.05) is 0 Å². The maximum atomic E-state index is 3.61. The van der Waals surface area contributed by atoms with Gasteiger partial charge in [0.15, 0.2) is 0 Å². The molecule has 0 aliphatic rings. The van der Waals surface area contributed by atoms with Crippen LogP contribution in [0.2, 0.25) is 0 Å². The molecule has 1 atom stereocenters. The van der Waals surface area contributed by atoms with E-state index in [0.29, 0.717) is 5.92 Å². The summed E-state index contributed by atoms with van der Waals surface area (Å²) in [6, 6.07) is 0. The molecule has 0 bridgehead atoms. The molecule has 0 heteroatoms. The molecule has 0 aliphatic carbocycles. The smallest absolute Gasteiger partial charge is 0.0227 e. The normalized spacial score (nSPS) is 15.4. The Labute approximate surface area is 58.3 Å². The Kier molecular flexibility index (Phi) is 5.29. The zero-order valence-electron chi connectivity index (χ0n) is 6.30. The minimum Gasteiger partial charge on any atom is -0.0914 e. The Balaban J connectivity index is 3.37. The second-order valence-electron chi connectivity index (χ2n) is 2.21. The van der Waals surface area contributed by atoms with Crippen LogP contribution in [-0.4, -0.2) is 0 Å². The lowest BCUT2D eigenvalue weighted by Crippen LogP contribution is -1.84. The van der Waals surface area contributed by atoms with Crippen LogP contribution in [0, 0.1) is 12.8 Å². The van der Waals surface area contributed by atoms with E-state index < -0.39 is 0 Å². The Morgan fingerprint density at radius 3 is 2.67 bits per heavy atom. The molecule has 0 heterocycles. The van der Waals surface area contributed by atoms with Crippen molar-refractivity contribution in [3.63, 3.8) is 0 Å². The van der Waals surface area contributed by atoms with Crippen LogP contribution >= 0.6 is 0 Å². The molecule has 0 rings (SSSR count). The van der Waals surface area contributed by atoms with E-state index in [0.717, 1.165) is 6.42 Å². The van der Waals surface area contributed by atoms with Crippen LogP contribution in [0.3, 0.4) is 0 Å². The first kappa shape index (κ1) is 8.48. The predicted octanol–water partition coefficient (Wildman–Crippen LogP) is 2.98. The van der Waals surface area contributed by atoms with Gasteiger partial charge in [0.2, 0.25) is 0 Å². The molecule has 1 radical (unpaired) electrons. The van der Waals surface area contributed by atoms with Gasteiger partial charge in [-0.15, -0.1) is 0 Å². The zero-order valence-corrected chi connectivity index (χ0v) is 6.30. The Hall–Kier alpha value is -0.520. The highest BCUT2D eigenvalue weighted by molar-refractivity contribution is 4.91. The lowest BCUT2D eigenvalue weighted by atomic mass is 10.1. The van der Waals surface area contributed by atoms with Crippen LogP contribution in [0.5, 0.6) is 0 Å². The maximum absolute atomic E-state index is 3.61. The van der Waals surface area contributed by atoms with Crippen molar-refractivity contribution < 1.29 is 0 Å². The second kappa shape index (κ2) is 5.61. The van der Waals surface area contributed by atoms with Gasteiger partial charge in [-0.2, -0.15) is 0 Å². The fraction of sp³-hybridized carbons (Fsp3) is 0.444. The van der Waals surface area contributed by atoms with Gasteiger partial charge in [-0.25, -0.2) is 0 Å². The van der Waals surface area contributed by atoms with Crippen LogP contribution < -0.4 is 0 Å². The predicted molar refractivity (Wildman–Crippen MR) is 43.1 cm³/mol. The highest BCUT2D eigenvalue weighted by atomic mass is 13.9. The quantitative estimate of drug-likeness (QED) is 0.506. The van der Waals surface area contributed by atoms with E-state index in [2.05, 4.69) is 32.1 Å². The van der Waals surface area contributed by atoms with Gasteiger partial charge in [0, 0.05) is 0 Å². The first-order chi connectivity index (χ1) is 4.31. The van der Waals surface area contributed by atoms with Crippen LogP contribution in [0.4, 0.5) is 0 Å². The van der Waals surface area contributed by atoms with Gasteiger partial charge in [-0.1, -0.05) is 31.2 Å². The van der Waals surface area contributed by atoms with Gasteiger partial charge in [-0.3, -0.25) is 0 Å². The van der Waals surface area contributed by atoms with E-state index >= 15 is 0 Å². The van der Waals surface area contributed by atoms with E-state index in [-0.39, 0.29) is 0 Å². The third kappa shape index (κ3) is 5.35. The highest BCUT2D eigenvalue weighted by Gasteiger charge is 1.88. The summed E-state index contributed by atoms with van der Waals surface area (Å²) in [4.78, 5) is 0. The average Bonchev–Trinajstić information content (AvgIpc) is 1.85. The summed E-state index contributed by atoms with van der Waals surface area (Å²) in [6.07, 6.45) is 9.32. The Morgan fingerprint density at radius 2 is 2.22 bits per heavy atom. The summed E-state index contributed by atoms with van der Waals surface area (Å²) in [5.41, 5.74) is 0. The molecular formula is C9H15. The molecule has 51 valence electrons. The number of hydrogen-bond donors (Lipinski definition) is 0. The minimum atomic E-state index is 0.660. The molecule has 0 saturated heterocycles. The SMILES string of the molecule is [CH2]/C=C/CC(C)/C=C/C. The third-order valence-electron chi connectivity index (χ3n) is 1.20.